The molecule has 1 aliphatic heterocycles. The Bertz CT molecular complexity index is 324. The van der Waals surface area contributed by atoms with E-state index in [2.05, 4.69) is 9.88 Å². The first-order valence-corrected chi connectivity index (χ1v) is 5.10. The van der Waals surface area contributed by atoms with Gasteiger partial charge in [-0.2, -0.15) is 0 Å². The van der Waals surface area contributed by atoms with Gasteiger partial charge in [-0.25, -0.2) is 4.98 Å². The van der Waals surface area contributed by atoms with Crippen LogP contribution in [-0.4, -0.2) is 31.3 Å². The number of aromatic nitrogens is 1. The zero-order chi connectivity index (χ0) is 9.97. The van der Waals surface area contributed by atoms with Gasteiger partial charge >= 0.3 is 0 Å². The Labute approximate surface area is 88.6 Å². The predicted molar refractivity (Wildman–Crippen MR) is 57.0 cm³/mol. The standard InChI is InChI=1S/C10H13ClN2O/c1-8-9(2-3-12-10(8)11)13-4-6-14-7-5-13/h2-3H,4-7H2,1H3. The van der Waals surface area contributed by atoms with Crippen LogP contribution < -0.4 is 4.90 Å². The Morgan fingerprint density at radius 2 is 2.14 bits per heavy atom. The lowest BCUT2D eigenvalue weighted by Crippen LogP contribution is -2.36. The number of morpholine rings is 1. The fourth-order valence-electron chi connectivity index (χ4n) is 1.65. The molecule has 0 unspecified atom stereocenters. The second-order valence-electron chi connectivity index (χ2n) is 3.35. The number of ether oxygens (including phenoxy) is 1. The summed E-state index contributed by atoms with van der Waals surface area (Å²) in [5, 5.41) is 0.592. The van der Waals surface area contributed by atoms with E-state index >= 15 is 0 Å². The van der Waals surface area contributed by atoms with Crippen molar-refractivity contribution in [2.75, 3.05) is 31.2 Å². The number of anilines is 1. The molecular formula is C10H13ClN2O. The molecular weight excluding hydrogens is 200 g/mol. The second-order valence-corrected chi connectivity index (χ2v) is 3.70. The molecule has 1 fully saturated rings. The lowest BCUT2D eigenvalue weighted by molar-refractivity contribution is 0.122. The molecule has 0 atom stereocenters. The summed E-state index contributed by atoms with van der Waals surface area (Å²) in [5.74, 6) is 0. The molecule has 3 nitrogen and oxygen atoms in total. The van der Waals surface area contributed by atoms with Crippen molar-refractivity contribution in [1.29, 1.82) is 0 Å². The molecule has 1 aliphatic rings. The molecule has 0 bridgehead atoms. The van der Waals surface area contributed by atoms with Crippen LogP contribution in [0.3, 0.4) is 0 Å². The molecule has 0 spiro atoms. The minimum Gasteiger partial charge on any atom is -0.378 e. The minimum atomic E-state index is 0.592. The first-order chi connectivity index (χ1) is 6.79. The smallest absolute Gasteiger partial charge is 0.133 e. The van der Waals surface area contributed by atoms with E-state index in [0.717, 1.165) is 31.9 Å². The van der Waals surface area contributed by atoms with Gasteiger partial charge in [0.05, 0.1) is 13.2 Å². The highest BCUT2D eigenvalue weighted by Gasteiger charge is 2.14. The van der Waals surface area contributed by atoms with Crippen LogP contribution in [0.4, 0.5) is 5.69 Å². The summed E-state index contributed by atoms with van der Waals surface area (Å²) in [6, 6.07) is 2.01. The second kappa shape index (κ2) is 4.15. The normalized spacial score (nSPS) is 17.1. The first kappa shape index (κ1) is 9.74. The van der Waals surface area contributed by atoms with E-state index in [0.29, 0.717) is 5.15 Å². The van der Waals surface area contributed by atoms with Crippen molar-refractivity contribution in [3.8, 4) is 0 Å². The molecule has 76 valence electrons. The van der Waals surface area contributed by atoms with Gasteiger partial charge in [0.1, 0.15) is 5.15 Å². The van der Waals surface area contributed by atoms with Crippen molar-refractivity contribution in [3.63, 3.8) is 0 Å². The minimum absolute atomic E-state index is 0.592. The number of hydrogen-bond acceptors (Lipinski definition) is 3. The molecule has 0 aliphatic carbocycles. The van der Waals surface area contributed by atoms with Gasteiger partial charge in [-0.3, -0.25) is 0 Å². The van der Waals surface area contributed by atoms with E-state index < -0.39 is 0 Å². The highest BCUT2D eigenvalue weighted by atomic mass is 35.5. The van der Waals surface area contributed by atoms with Crippen molar-refractivity contribution in [3.05, 3.63) is 23.0 Å². The lowest BCUT2D eigenvalue weighted by atomic mass is 10.2. The SMILES string of the molecule is Cc1c(N2CCOCC2)ccnc1Cl. The summed E-state index contributed by atoms with van der Waals surface area (Å²) >= 11 is 5.96. The molecule has 0 aromatic carbocycles. The highest BCUT2D eigenvalue weighted by molar-refractivity contribution is 6.30. The van der Waals surface area contributed by atoms with Crippen LogP contribution in [0.25, 0.3) is 0 Å². The summed E-state index contributed by atoms with van der Waals surface area (Å²) in [6.07, 6.45) is 1.75. The monoisotopic (exact) mass is 212 g/mol. The fraction of sp³-hybridized carbons (Fsp3) is 0.500. The first-order valence-electron chi connectivity index (χ1n) is 4.73. The Hall–Kier alpha value is -0.800. The molecule has 14 heavy (non-hydrogen) atoms. The Morgan fingerprint density at radius 1 is 1.43 bits per heavy atom. The largest absolute Gasteiger partial charge is 0.378 e. The Morgan fingerprint density at radius 3 is 2.86 bits per heavy atom. The topological polar surface area (TPSA) is 25.4 Å². The van der Waals surface area contributed by atoms with Gasteiger partial charge in [0.25, 0.3) is 0 Å². The average Bonchev–Trinajstić information content (AvgIpc) is 2.23. The van der Waals surface area contributed by atoms with Crippen LogP contribution in [0.1, 0.15) is 5.56 Å². The molecule has 2 rings (SSSR count). The van der Waals surface area contributed by atoms with Crippen molar-refractivity contribution in [2.24, 2.45) is 0 Å². The van der Waals surface area contributed by atoms with Crippen LogP contribution in [0.15, 0.2) is 12.3 Å². The zero-order valence-corrected chi connectivity index (χ0v) is 8.92. The maximum Gasteiger partial charge on any atom is 0.133 e. The average molecular weight is 213 g/mol. The van der Waals surface area contributed by atoms with Gasteiger partial charge in [0.15, 0.2) is 0 Å². The van der Waals surface area contributed by atoms with E-state index in [9.17, 15) is 0 Å². The fourth-order valence-corrected chi connectivity index (χ4v) is 1.80. The molecule has 1 aromatic rings. The predicted octanol–water partition coefficient (Wildman–Crippen LogP) is 1.88. The number of nitrogens with zero attached hydrogens (tertiary/aromatic N) is 2. The molecule has 1 saturated heterocycles. The summed E-state index contributed by atoms with van der Waals surface area (Å²) in [7, 11) is 0. The van der Waals surface area contributed by atoms with E-state index in [1.807, 2.05) is 13.0 Å². The van der Waals surface area contributed by atoms with Gasteiger partial charge in [-0.1, -0.05) is 11.6 Å². The molecule has 0 saturated carbocycles. The lowest BCUT2D eigenvalue weighted by Gasteiger charge is -2.30. The summed E-state index contributed by atoms with van der Waals surface area (Å²) in [4.78, 5) is 6.33. The molecule has 0 N–H and O–H groups in total. The maximum absolute atomic E-state index is 5.96. The number of hydrogen-bond donors (Lipinski definition) is 0. The number of rotatable bonds is 1. The van der Waals surface area contributed by atoms with Crippen LogP contribution in [0.5, 0.6) is 0 Å². The highest BCUT2D eigenvalue weighted by Crippen LogP contribution is 2.24. The Balaban J connectivity index is 2.26. The van der Waals surface area contributed by atoms with E-state index in [1.54, 1.807) is 6.20 Å². The van der Waals surface area contributed by atoms with Gasteiger partial charge < -0.3 is 9.64 Å². The van der Waals surface area contributed by atoms with E-state index in [1.165, 1.54) is 5.69 Å². The van der Waals surface area contributed by atoms with Crippen LogP contribution in [0, 0.1) is 6.92 Å². The number of halogens is 1. The summed E-state index contributed by atoms with van der Waals surface area (Å²) in [6.45, 7) is 5.45. The number of pyridine rings is 1. The van der Waals surface area contributed by atoms with E-state index in [4.69, 9.17) is 16.3 Å². The third kappa shape index (κ3) is 1.83. The molecule has 4 heteroatoms. The van der Waals surface area contributed by atoms with E-state index in [-0.39, 0.29) is 0 Å². The summed E-state index contributed by atoms with van der Waals surface area (Å²) in [5.41, 5.74) is 2.23. The van der Waals surface area contributed by atoms with Gasteiger partial charge in [0.2, 0.25) is 0 Å². The zero-order valence-electron chi connectivity index (χ0n) is 8.16. The third-order valence-corrected chi connectivity index (χ3v) is 2.85. The maximum atomic E-state index is 5.96. The quantitative estimate of drug-likeness (QED) is 0.665. The molecule has 1 aromatic heterocycles. The molecule has 0 radical (unpaired) electrons. The van der Waals surface area contributed by atoms with Crippen LogP contribution >= 0.6 is 11.6 Å². The summed E-state index contributed by atoms with van der Waals surface area (Å²) < 4.78 is 5.30. The Kier molecular flexibility index (Phi) is 2.89. The van der Waals surface area contributed by atoms with Crippen molar-refractivity contribution >= 4 is 17.3 Å². The molecule has 0 amide bonds. The molecule has 2 heterocycles. The van der Waals surface area contributed by atoms with Crippen molar-refractivity contribution in [2.45, 2.75) is 6.92 Å². The van der Waals surface area contributed by atoms with Gasteiger partial charge in [0, 0.05) is 30.5 Å². The van der Waals surface area contributed by atoms with Gasteiger partial charge in [-0.15, -0.1) is 0 Å². The van der Waals surface area contributed by atoms with Crippen LogP contribution in [0.2, 0.25) is 5.15 Å². The van der Waals surface area contributed by atoms with Crippen molar-refractivity contribution < 1.29 is 4.74 Å². The van der Waals surface area contributed by atoms with Crippen molar-refractivity contribution in [1.82, 2.24) is 4.98 Å². The third-order valence-electron chi connectivity index (χ3n) is 2.47. The van der Waals surface area contributed by atoms with Gasteiger partial charge in [-0.05, 0) is 13.0 Å². The van der Waals surface area contributed by atoms with Crippen LogP contribution in [-0.2, 0) is 4.74 Å².